The van der Waals surface area contributed by atoms with Crippen LogP contribution in [0.15, 0.2) is 48.5 Å². The third-order valence-corrected chi connectivity index (χ3v) is 6.34. The minimum atomic E-state index is -0.556. The lowest BCUT2D eigenvalue weighted by atomic mass is 9.86. The number of hydrogen-bond donors (Lipinski definition) is 1. The molecule has 35 heavy (non-hydrogen) atoms. The lowest BCUT2D eigenvalue weighted by Crippen LogP contribution is -2.47. The van der Waals surface area contributed by atoms with E-state index in [4.69, 9.17) is 10.5 Å². The molecule has 1 heterocycles. The molecule has 6 heteroatoms. The van der Waals surface area contributed by atoms with E-state index in [1.807, 2.05) is 63.2 Å². The number of carbonyl (C=O) groups is 2. The Kier molecular flexibility index (Phi) is 8.95. The first-order valence-corrected chi connectivity index (χ1v) is 12.7. The van der Waals surface area contributed by atoms with Gasteiger partial charge < -0.3 is 15.4 Å². The highest BCUT2D eigenvalue weighted by Gasteiger charge is 2.30. The number of carbonyl (C=O) groups excluding carboxylic acids is 2. The number of nitrogens with zero attached hydrogens (tertiary/aromatic N) is 2. The van der Waals surface area contributed by atoms with Crippen LogP contribution in [0.5, 0.6) is 0 Å². The second kappa shape index (κ2) is 11.7. The van der Waals surface area contributed by atoms with Gasteiger partial charge in [-0.3, -0.25) is 9.69 Å². The Bertz CT molecular complexity index is 998. The van der Waals surface area contributed by atoms with Crippen LogP contribution in [0.25, 0.3) is 0 Å². The van der Waals surface area contributed by atoms with Gasteiger partial charge in [0.15, 0.2) is 0 Å². The van der Waals surface area contributed by atoms with Gasteiger partial charge in [0.2, 0.25) is 5.91 Å². The van der Waals surface area contributed by atoms with Crippen molar-refractivity contribution >= 4 is 12.0 Å². The van der Waals surface area contributed by atoms with Crippen LogP contribution in [-0.2, 0) is 35.5 Å². The van der Waals surface area contributed by atoms with Crippen molar-refractivity contribution in [1.82, 2.24) is 9.80 Å². The van der Waals surface area contributed by atoms with Crippen molar-refractivity contribution in [1.29, 1.82) is 0 Å². The Hall–Kier alpha value is -2.86. The van der Waals surface area contributed by atoms with Crippen molar-refractivity contribution in [3.05, 3.63) is 70.8 Å². The molecule has 2 aromatic rings. The lowest BCUT2D eigenvalue weighted by Gasteiger charge is -2.40. The van der Waals surface area contributed by atoms with E-state index in [1.165, 1.54) is 11.1 Å². The Morgan fingerprint density at radius 3 is 2.46 bits per heavy atom. The van der Waals surface area contributed by atoms with Gasteiger partial charge in [-0.2, -0.15) is 0 Å². The zero-order valence-corrected chi connectivity index (χ0v) is 21.9. The molecule has 6 nitrogen and oxygen atoms in total. The summed E-state index contributed by atoms with van der Waals surface area (Å²) in [4.78, 5) is 29.0. The van der Waals surface area contributed by atoms with E-state index in [1.54, 1.807) is 4.90 Å². The monoisotopic (exact) mass is 479 g/mol. The fourth-order valence-corrected chi connectivity index (χ4v) is 4.80. The van der Waals surface area contributed by atoms with Gasteiger partial charge in [0.05, 0.1) is 6.42 Å². The van der Waals surface area contributed by atoms with Crippen LogP contribution >= 0.6 is 0 Å². The first-order chi connectivity index (χ1) is 16.5. The quantitative estimate of drug-likeness (QED) is 0.554. The molecule has 0 spiro atoms. The van der Waals surface area contributed by atoms with Crippen molar-refractivity contribution in [2.45, 2.75) is 78.6 Å². The van der Waals surface area contributed by atoms with Gasteiger partial charge in [0, 0.05) is 32.2 Å². The number of amides is 2. The summed E-state index contributed by atoms with van der Waals surface area (Å²) in [5.74, 6) is 0.248. The first kappa shape index (κ1) is 26.7. The molecule has 190 valence electrons. The molecule has 0 saturated carbocycles. The van der Waals surface area contributed by atoms with E-state index in [0.29, 0.717) is 25.0 Å². The van der Waals surface area contributed by atoms with Crippen molar-refractivity contribution in [2.75, 3.05) is 13.1 Å². The summed E-state index contributed by atoms with van der Waals surface area (Å²) >= 11 is 0. The van der Waals surface area contributed by atoms with Crippen molar-refractivity contribution in [2.24, 2.45) is 11.7 Å². The van der Waals surface area contributed by atoms with Crippen molar-refractivity contribution < 1.29 is 14.3 Å². The molecule has 1 atom stereocenters. The number of hydrogen-bond acceptors (Lipinski definition) is 4. The molecule has 1 aliphatic rings. The summed E-state index contributed by atoms with van der Waals surface area (Å²) in [5, 5.41) is 0. The molecule has 0 aliphatic carbocycles. The van der Waals surface area contributed by atoms with Crippen LogP contribution < -0.4 is 5.73 Å². The molecular formula is C29H41N3O3. The fourth-order valence-electron chi connectivity index (χ4n) is 4.80. The van der Waals surface area contributed by atoms with Crippen molar-refractivity contribution in [3.63, 3.8) is 0 Å². The average Bonchev–Trinajstić information content (AvgIpc) is 2.75. The Balaban J connectivity index is 1.81. The molecule has 0 radical (unpaired) electrons. The predicted octanol–water partition coefficient (Wildman–Crippen LogP) is 4.92. The van der Waals surface area contributed by atoms with Crippen LogP contribution in [0.4, 0.5) is 4.79 Å². The molecule has 0 saturated heterocycles. The third-order valence-electron chi connectivity index (χ3n) is 6.34. The van der Waals surface area contributed by atoms with E-state index < -0.39 is 5.60 Å². The minimum Gasteiger partial charge on any atom is -0.444 e. The summed E-state index contributed by atoms with van der Waals surface area (Å²) in [6.45, 7) is 12.7. The molecule has 2 N–H and O–H groups in total. The molecule has 0 bridgehead atoms. The smallest absolute Gasteiger partial charge is 0.410 e. The molecule has 0 fully saturated rings. The SMILES string of the molecule is CC(C)CC1Cc2cccc(CC(N)=O)c2CN1CCN(Cc1ccccc1)C(=O)OC(C)(C)C. The van der Waals surface area contributed by atoms with Crippen LogP contribution in [0, 0.1) is 5.92 Å². The lowest BCUT2D eigenvalue weighted by molar-refractivity contribution is -0.117. The second-order valence-electron chi connectivity index (χ2n) is 11.0. The molecule has 2 aromatic carbocycles. The van der Waals surface area contributed by atoms with Gasteiger partial charge in [-0.15, -0.1) is 0 Å². The number of rotatable bonds is 9. The van der Waals surface area contributed by atoms with Crippen LogP contribution in [0.1, 0.15) is 63.3 Å². The number of benzene rings is 2. The normalized spacial score (nSPS) is 16.1. The standard InChI is InChI=1S/C29H41N3O3/c1-21(2)16-25-17-23-12-9-13-24(18-27(30)33)26(23)20-31(25)14-15-32(28(34)35-29(3,4)5)19-22-10-7-6-8-11-22/h6-13,21,25H,14-20H2,1-5H3,(H2,30,33). The maximum absolute atomic E-state index is 13.1. The van der Waals surface area contributed by atoms with Crippen LogP contribution in [-0.4, -0.2) is 46.5 Å². The van der Waals surface area contributed by atoms with Gasteiger partial charge in [-0.25, -0.2) is 4.79 Å². The molecule has 1 aliphatic heterocycles. The Labute approximate surface area is 210 Å². The van der Waals surface area contributed by atoms with E-state index in [9.17, 15) is 9.59 Å². The number of primary amides is 1. The molecule has 2 amide bonds. The number of fused-ring (bicyclic) bond motifs is 1. The summed E-state index contributed by atoms with van der Waals surface area (Å²) in [5.41, 5.74) is 9.57. The van der Waals surface area contributed by atoms with Crippen LogP contribution in [0.3, 0.4) is 0 Å². The summed E-state index contributed by atoms with van der Waals surface area (Å²) in [6.07, 6.45) is 1.97. The summed E-state index contributed by atoms with van der Waals surface area (Å²) in [6, 6.07) is 16.6. The summed E-state index contributed by atoms with van der Waals surface area (Å²) < 4.78 is 5.74. The van der Waals surface area contributed by atoms with E-state index >= 15 is 0 Å². The Morgan fingerprint density at radius 2 is 1.83 bits per heavy atom. The highest BCUT2D eigenvalue weighted by molar-refractivity contribution is 5.77. The number of nitrogens with two attached hydrogens (primary N) is 1. The second-order valence-corrected chi connectivity index (χ2v) is 11.0. The molecule has 3 rings (SSSR count). The average molecular weight is 480 g/mol. The largest absolute Gasteiger partial charge is 0.444 e. The maximum atomic E-state index is 13.1. The molecular weight excluding hydrogens is 438 g/mol. The van der Waals surface area contributed by atoms with E-state index in [2.05, 4.69) is 24.8 Å². The van der Waals surface area contributed by atoms with Gasteiger partial charge >= 0.3 is 6.09 Å². The first-order valence-electron chi connectivity index (χ1n) is 12.7. The van der Waals surface area contributed by atoms with E-state index in [0.717, 1.165) is 37.1 Å². The van der Waals surface area contributed by atoms with Crippen LogP contribution in [0.2, 0.25) is 0 Å². The zero-order valence-electron chi connectivity index (χ0n) is 21.9. The van der Waals surface area contributed by atoms with Crippen molar-refractivity contribution in [3.8, 4) is 0 Å². The topological polar surface area (TPSA) is 75.9 Å². The van der Waals surface area contributed by atoms with Gasteiger partial charge in [0.25, 0.3) is 0 Å². The highest BCUT2D eigenvalue weighted by atomic mass is 16.6. The minimum absolute atomic E-state index is 0.254. The Morgan fingerprint density at radius 1 is 1.11 bits per heavy atom. The van der Waals surface area contributed by atoms with Gasteiger partial charge in [-0.1, -0.05) is 62.4 Å². The predicted molar refractivity (Wildman–Crippen MR) is 140 cm³/mol. The highest BCUT2D eigenvalue weighted by Crippen LogP contribution is 2.29. The third kappa shape index (κ3) is 8.10. The van der Waals surface area contributed by atoms with Gasteiger partial charge in [-0.05, 0) is 61.8 Å². The number of ether oxygens (including phenoxy) is 1. The fraction of sp³-hybridized carbons (Fsp3) is 0.517. The zero-order chi connectivity index (χ0) is 25.6. The molecule has 0 aromatic heterocycles. The van der Waals surface area contributed by atoms with Gasteiger partial charge in [0.1, 0.15) is 5.60 Å². The van der Waals surface area contributed by atoms with E-state index in [-0.39, 0.29) is 18.4 Å². The molecule has 1 unspecified atom stereocenters. The summed E-state index contributed by atoms with van der Waals surface area (Å²) in [7, 11) is 0. The maximum Gasteiger partial charge on any atom is 0.410 e.